The van der Waals surface area contributed by atoms with Gasteiger partial charge in [0.25, 0.3) is 5.91 Å². The normalized spacial score (nSPS) is 12.1. The Morgan fingerprint density at radius 2 is 1.75 bits per heavy atom. The molecule has 2 rings (SSSR count). The van der Waals surface area contributed by atoms with Gasteiger partial charge in [0, 0.05) is 16.3 Å². The number of amides is 2. The van der Waals surface area contributed by atoms with Crippen LogP contribution in [0.5, 0.6) is 5.75 Å². The predicted octanol–water partition coefficient (Wildman–Crippen LogP) is 4.36. The number of hydrogen-bond acceptors (Lipinski definition) is 4. The quantitative estimate of drug-likeness (QED) is 0.395. The van der Waals surface area contributed by atoms with E-state index < -0.39 is 17.7 Å². The summed E-state index contributed by atoms with van der Waals surface area (Å²) in [6.07, 6.45) is 1.40. The maximum atomic E-state index is 12.6. The van der Waals surface area contributed by atoms with Crippen LogP contribution in [0.25, 0.3) is 0 Å². The summed E-state index contributed by atoms with van der Waals surface area (Å²) in [6.45, 7) is 3.58. The van der Waals surface area contributed by atoms with Crippen LogP contribution in [0.15, 0.2) is 47.6 Å². The molecule has 1 atom stereocenters. The fourth-order valence-corrected chi connectivity index (χ4v) is 2.92. The molecule has 0 aromatic heterocycles. The Hall–Kier alpha value is -2.57. The van der Waals surface area contributed by atoms with Gasteiger partial charge < -0.3 is 10.1 Å². The highest BCUT2D eigenvalue weighted by Crippen LogP contribution is 2.20. The van der Waals surface area contributed by atoms with Crippen molar-refractivity contribution in [3.8, 4) is 5.75 Å². The van der Waals surface area contributed by atoms with Crippen LogP contribution in [0.1, 0.15) is 19.4 Å². The topological polar surface area (TPSA) is 79.8 Å². The molecule has 148 valence electrons. The van der Waals surface area contributed by atoms with Gasteiger partial charge >= 0.3 is 0 Å². The van der Waals surface area contributed by atoms with E-state index in [0.717, 1.165) is 0 Å². The number of carbonyl (C=O) groups is 2. The second-order valence-electron chi connectivity index (χ2n) is 6.34. The lowest BCUT2D eigenvalue weighted by molar-refractivity contribution is -0.134. The minimum Gasteiger partial charge on any atom is -0.497 e. The van der Waals surface area contributed by atoms with E-state index in [0.29, 0.717) is 27.0 Å². The zero-order chi connectivity index (χ0) is 20.7. The van der Waals surface area contributed by atoms with Gasteiger partial charge in [-0.2, -0.15) is 5.10 Å². The summed E-state index contributed by atoms with van der Waals surface area (Å²) in [5.74, 6) is -1.40. The zero-order valence-electron chi connectivity index (χ0n) is 15.7. The molecule has 0 aliphatic rings. The van der Waals surface area contributed by atoms with Crippen LogP contribution in [-0.4, -0.2) is 25.1 Å². The first-order valence-electron chi connectivity index (χ1n) is 8.54. The molecule has 28 heavy (non-hydrogen) atoms. The van der Waals surface area contributed by atoms with Crippen molar-refractivity contribution in [3.05, 3.63) is 58.1 Å². The lowest BCUT2D eigenvalue weighted by Crippen LogP contribution is -2.39. The highest BCUT2D eigenvalue weighted by atomic mass is 35.5. The number of rotatable bonds is 7. The molecule has 2 amide bonds. The number of ether oxygens (including phenoxy) is 1. The summed E-state index contributed by atoms with van der Waals surface area (Å²) in [4.78, 5) is 25.1. The third-order valence-corrected chi connectivity index (χ3v) is 4.49. The van der Waals surface area contributed by atoms with Crippen LogP contribution in [0.2, 0.25) is 10.0 Å². The Kier molecular flexibility index (Phi) is 7.84. The lowest BCUT2D eigenvalue weighted by atomic mass is 9.94. The summed E-state index contributed by atoms with van der Waals surface area (Å²) < 4.78 is 5.08. The van der Waals surface area contributed by atoms with Crippen LogP contribution in [-0.2, 0) is 9.59 Å². The number of halogens is 2. The molecule has 0 heterocycles. The molecular formula is C20H21Cl2N3O3. The van der Waals surface area contributed by atoms with E-state index in [4.69, 9.17) is 27.9 Å². The Bertz CT molecular complexity index is 867. The Labute approximate surface area is 173 Å². The maximum absolute atomic E-state index is 12.6. The Balaban J connectivity index is 2.03. The molecule has 0 saturated carbocycles. The summed E-state index contributed by atoms with van der Waals surface area (Å²) >= 11 is 11.9. The second kappa shape index (κ2) is 10.1. The minimum absolute atomic E-state index is 0.229. The smallest absolute Gasteiger partial charge is 0.252 e. The number of carbonyl (C=O) groups excluding carboxylic acids is 2. The Morgan fingerprint density at radius 3 is 2.32 bits per heavy atom. The molecule has 0 radical (unpaired) electrons. The number of hydrogen-bond donors (Lipinski definition) is 2. The van der Waals surface area contributed by atoms with Crippen molar-refractivity contribution < 1.29 is 14.3 Å². The number of methoxy groups -OCH3 is 1. The van der Waals surface area contributed by atoms with Gasteiger partial charge in [-0.15, -0.1) is 0 Å². The predicted molar refractivity (Wildman–Crippen MR) is 112 cm³/mol. The first kappa shape index (κ1) is 21.7. The third kappa shape index (κ3) is 5.97. The van der Waals surface area contributed by atoms with Gasteiger partial charge in [0.2, 0.25) is 5.91 Å². The van der Waals surface area contributed by atoms with Gasteiger partial charge in [0.05, 0.1) is 18.3 Å². The van der Waals surface area contributed by atoms with E-state index in [1.54, 1.807) is 63.4 Å². The van der Waals surface area contributed by atoms with E-state index in [-0.39, 0.29) is 5.92 Å². The molecule has 0 aliphatic heterocycles. The van der Waals surface area contributed by atoms with E-state index in [1.807, 2.05) is 0 Å². The van der Waals surface area contributed by atoms with Crippen LogP contribution >= 0.6 is 23.2 Å². The van der Waals surface area contributed by atoms with E-state index in [9.17, 15) is 9.59 Å². The summed E-state index contributed by atoms with van der Waals surface area (Å²) in [7, 11) is 1.56. The molecule has 8 heteroatoms. The van der Waals surface area contributed by atoms with Crippen molar-refractivity contribution in [3.63, 3.8) is 0 Å². The molecule has 0 bridgehead atoms. The molecule has 2 aromatic rings. The van der Waals surface area contributed by atoms with Gasteiger partial charge in [-0.3, -0.25) is 9.59 Å². The maximum Gasteiger partial charge on any atom is 0.252 e. The first-order chi connectivity index (χ1) is 13.3. The SMILES string of the molecule is COc1ccc(NC(=O)C(C(=O)NN=Cc2ccc(Cl)cc2Cl)C(C)C)cc1. The molecule has 6 nitrogen and oxygen atoms in total. The molecular weight excluding hydrogens is 401 g/mol. The minimum atomic E-state index is -0.917. The number of nitrogens with one attached hydrogen (secondary N) is 2. The van der Waals surface area contributed by atoms with E-state index in [2.05, 4.69) is 15.8 Å². The molecule has 2 N–H and O–H groups in total. The van der Waals surface area contributed by atoms with Gasteiger partial charge in [-0.05, 0) is 42.3 Å². The molecule has 0 saturated heterocycles. The zero-order valence-corrected chi connectivity index (χ0v) is 17.2. The molecule has 0 spiro atoms. The second-order valence-corrected chi connectivity index (χ2v) is 7.18. The Morgan fingerprint density at radius 1 is 1.07 bits per heavy atom. The number of benzene rings is 2. The van der Waals surface area contributed by atoms with Crippen LogP contribution in [0.3, 0.4) is 0 Å². The fraction of sp³-hybridized carbons (Fsp3) is 0.250. The molecule has 1 unspecified atom stereocenters. The average Bonchev–Trinajstić information content (AvgIpc) is 2.64. The van der Waals surface area contributed by atoms with Crippen molar-refractivity contribution in [1.82, 2.24) is 5.43 Å². The van der Waals surface area contributed by atoms with Crippen molar-refractivity contribution >= 4 is 46.9 Å². The van der Waals surface area contributed by atoms with Gasteiger partial charge in [-0.25, -0.2) is 5.43 Å². The molecule has 0 fully saturated rings. The number of nitrogens with zero attached hydrogens (tertiary/aromatic N) is 1. The van der Waals surface area contributed by atoms with Crippen LogP contribution in [0, 0.1) is 11.8 Å². The van der Waals surface area contributed by atoms with Gasteiger partial charge in [-0.1, -0.05) is 43.1 Å². The number of anilines is 1. The van der Waals surface area contributed by atoms with E-state index >= 15 is 0 Å². The van der Waals surface area contributed by atoms with Crippen molar-refractivity contribution in [2.75, 3.05) is 12.4 Å². The van der Waals surface area contributed by atoms with Crippen molar-refractivity contribution in [1.29, 1.82) is 0 Å². The first-order valence-corrected chi connectivity index (χ1v) is 9.30. The monoisotopic (exact) mass is 421 g/mol. The number of hydrazone groups is 1. The lowest BCUT2D eigenvalue weighted by Gasteiger charge is -2.18. The summed E-state index contributed by atoms with van der Waals surface area (Å²) in [6, 6.07) is 11.8. The molecule has 2 aromatic carbocycles. The standard InChI is InChI=1S/C20H21Cl2N3O3/c1-12(2)18(19(26)24-15-6-8-16(28-3)9-7-15)20(27)25-23-11-13-4-5-14(21)10-17(13)22/h4-12,18H,1-3H3,(H,24,26)(H,25,27). The third-order valence-electron chi connectivity index (χ3n) is 3.93. The average molecular weight is 422 g/mol. The van der Waals surface area contributed by atoms with Gasteiger partial charge in [0.15, 0.2) is 0 Å². The van der Waals surface area contributed by atoms with Crippen molar-refractivity contribution in [2.24, 2.45) is 16.9 Å². The highest BCUT2D eigenvalue weighted by Gasteiger charge is 2.29. The largest absolute Gasteiger partial charge is 0.497 e. The summed E-state index contributed by atoms with van der Waals surface area (Å²) in [5.41, 5.74) is 3.56. The van der Waals surface area contributed by atoms with Crippen LogP contribution < -0.4 is 15.5 Å². The fourth-order valence-electron chi connectivity index (χ4n) is 2.46. The van der Waals surface area contributed by atoms with Gasteiger partial charge in [0.1, 0.15) is 11.7 Å². The molecule has 0 aliphatic carbocycles. The van der Waals surface area contributed by atoms with Crippen LogP contribution in [0.4, 0.5) is 5.69 Å². The summed E-state index contributed by atoms with van der Waals surface area (Å²) in [5, 5.41) is 7.54. The highest BCUT2D eigenvalue weighted by molar-refractivity contribution is 6.36. The van der Waals surface area contributed by atoms with E-state index in [1.165, 1.54) is 6.21 Å². The van der Waals surface area contributed by atoms with Crippen molar-refractivity contribution in [2.45, 2.75) is 13.8 Å².